The van der Waals surface area contributed by atoms with Gasteiger partial charge in [0.25, 0.3) is 5.91 Å². The lowest BCUT2D eigenvalue weighted by molar-refractivity contribution is 0.0997. The van der Waals surface area contributed by atoms with Crippen LogP contribution in [0.15, 0.2) is 18.2 Å². The fourth-order valence-corrected chi connectivity index (χ4v) is 1.28. The van der Waals surface area contributed by atoms with E-state index in [1.165, 1.54) is 0 Å². The molecule has 0 bridgehead atoms. The number of nitrogens with two attached hydrogens (primary N) is 1. The summed E-state index contributed by atoms with van der Waals surface area (Å²) in [6.07, 6.45) is 0. The van der Waals surface area contributed by atoms with E-state index in [4.69, 9.17) is 22.1 Å². The largest absolute Gasteiger partial charge is 0.493 e. The Hall–Kier alpha value is -1.22. The fraction of sp³-hybridized carbons (Fsp3) is 0.222. The lowest BCUT2D eigenvalue weighted by atomic mass is 10.2. The third kappa shape index (κ3) is 2.12. The summed E-state index contributed by atoms with van der Waals surface area (Å²) in [5, 5.41) is 0.318. The monoisotopic (exact) mass is 199 g/mol. The molecule has 0 unspecified atom stereocenters. The number of primary amides is 1. The molecule has 0 radical (unpaired) electrons. The van der Waals surface area contributed by atoms with E-state index in [2.05, 4.69) is 0 Å². The van der Waals surface area contributed by atoms with Crippen LogP contribution in [0, 0.1) is 0 Å². The Bertz CT molecular complexity index is 325. The molecule has 0 saturated heterocycles. The molecule has 13 heavy (non-hydrogen) atoms. The normalized spacial score (nSPS) is 9.69. The van der Waals surface area contributed by atoms with Gasteiger partial charge in [-0.3, -0.25) is 4.79 Å². The molecule has 1 aromatic carbocycles. The first kappa shape index (κ1) is 9.86. The van der Waals surface area contributed by atoms with Crippen LogP contribution in [0.25, 0.3) is 0 Å². The number of ether oxygens (including phenoxy) is 1. The second-order valence-corrected chi connectivity index (χ2v) is 2.82. The topological polar surface area (TPSA) is 52.3 Å². The molecule has 0 aliphatic rings. The zero-order valence-electron chi connectivity index (χ0n) is 7.21. The van der Waals surface area contributed by atoms with Gasteiger partial charge in [-0.2, -0.15) is 0 Å². The first-order chi connectivity index (χ1) is 6.16. The number of hydrogen-bond donors (Lipinski definition) is 1. The zero-order valence-corrected chi connectivity index (χ0v) is 7.97. The van der Waals surface area contributed by atoms with Gasteiger partial charge in [-0.25, -0.2) is 0 Å². The lowest BCUT2D eigenvalue weighted by Crippen LogP contribution is -2.13. The van der Waals surface area contributed by atoms with Crippen molar-refractivity contribution in [1.29, 1.82) is 0 Å². The van der Waals surface area contributed by atoms with E-state index >= 15 is 0 Å². The van der Waals surface area contributed by atoms with Gasteiger partial charge in [-0.1, -0.05) is 17.7 Å². The standard InChI is InChI=1S/C9H10ClNO2/c1-2-13-7-5-3-4-6(10)8(7)9(11)12/h3-5H,2H2,1H3,(H2,11,12). The van der Waals surface area contributed by atoms with Gasteiger partial charge < -0.3 is 10.5 Å². The van der Waals surface area contributed by atoms with Gasteiger partial charge in [0.05, 0.1) is 17.2 Å². The third-order valence-electron chi connectivity index (χ3n) is 1.52. The highest BCUT2D eigenvalue weighted by molar-refractivity contribution is 6.34. The van der Waals surface area contributed by atoms with Gasteiger partial charge in [0.2, 0.25) is 0 Å². The van der Waals surface area contributed by atoms with Crippen molar-refractivity contribution in [2.45, 2.75) is 6.92 Å². The van der Waals surface area contributed by atoms with Crippen molar-refractivity contribution in [3.05, 3.63) is 28.8 Å². The summed E-state index contributed by atoms with van der Waals surface area (Å²) in [4.78, 5) is 11.0. The zero-order chi connectivity index (χ0) is 9.84. The Balaban J connectivity index is 3.17. The summed E-state index contributed by atoms with van der Waals surface area (Å²) in [5.41, 5.74) is 5.38. The molecule has 1 rings (SSSR count). The summed E-state index contributed by atoms with van der Waals surface area (Å²) in [7, 11) is 0. The highest BCUT2D eigenvalue weighted by Crippen LogP contribution is 2.25. The van der Waals surface area contributed by atoms with E-state index < -0.39 is 5.91 Å². The molecule has 0 heterocycles. The number of rotatable bonds is 3. The molecule has 1 aromatic rings. The Morgan fingerprint density at radius 2 is 2.31 bits per heavy atom. The maximum Gasteiger partial charge on any atom is 0.253 e. The summed E-state index contributed by atoms with van der Waals surface area (Å²) in [6, 6.07) is 4.97. The molecule has 0 aliphatic carbocycles. The molecule has 1 amide bonds. The first-order valence-corrected chi connectivity index (χ1v) is 4.25. The molecule has 0 saturated carbocycles. The molecular formula is C9H10ClNO2. The molecule has 3 nitrogen and oxygen atoms in total. The Morgan fingerprint density at radius 1 is 1.62 bits per heavy atom. The van der Waals surface area contributed by atoms with Gasteiger partial charge in [0.15, 0.2) is 0 Å². The molecule has 0 fully saturated rings. The number of hydrogen-bond acceptors (Lipinski definition) is 2. The Kier molecular flexibility index (Phi) is 3.14. The molecule has 0 spiro atoms. The highest BCUT2D eigenvalue weighted by atomic mass is 35.5. The predicted octanol–water partition coefficient (Wildman–Crippen LogP) is 1.84. The van der Waals surface area contributed by atoms with Gasteiger partial charge in [-0.05, 0) is 19.1 Å². The SMILES string of the molecule is CCOc1cccc(Cl)c1C(N)=O. The fourth-order valence-electron chi connectivity index (χ4n) is 1.02. The van der Waals surface area contributed by atoms with Gasteiger partial charge in [-0.15, -0.1) is 0 Å². The second kappa shape index (κ2) is 4.14. The van der Waals surface area contributed by atoms with Crippen molar-refractivity contribution >= 4 is 17.5 Å². The van der Waals surface area contributed by atoms with E-state index in [0.29, 0.717) is 17.4 Å². The average molecular weight is 200 g/mol. The van der Waals surface area contributed by atoms with Crippen LogP contribution in [0.3, 0.4) is 0 Å². The van der Waals surface area contributed by atoms with E-state index in [1.54, 1.807) is 18.2 Å². The summed E-state index contributed by atoms with van der Waals surface area (Å²) in [5.74, 6) is -0.142. The van der Waals surface area contributed by atoms with E-state index in [1.807, 2.05) is 6.92 Å². The van der Waals surface area contributed by atoms with Gasteiger partial charge in [0.1, 0.15) is 5.75 Å². The van der Waals surface area contributed by atoms with Gasteiger partial charge >= 0.3 is 0 Å². The van der Waals surface area contributed by atoms with Crippen LogP contribution in [0.4, 0.5) is 0 Å². The second-order valence-electron chi connectivity index (χ2n) is 2.41. The van der Waals surface area contributed by atoms with Crippen LogP contribution < -0.4 is 10.5 Å². The number of amides is 1. The van der Waals surface area contributed by atoms with E-state index in [9.17, 15) is 4.79 Å². The predicted molar refractivity (Wildman–Crippen MR) is 51.1 cm³/mol. The molecule has 0 atom stereocenters. The third-order valence-corrected chi connectivity index (χ3v) is 1.84. The summed E-state index contributed by atoms with van der Waals surface area (Å²) in [6.45, 7) is 2.30. The van der Waals surface area contributed by atoms with Crippen LogP contribution in [0.5, 0.6) is 5.75 Å². The van der Waals surface area contributed by atoms with Gasteiger partial charge in [0, 0.05) is 0 Å². The van der Waals surface area contributed by atoms with Crippen LogP contribution in [-0.4, -0.2) is 12.5 Å². The Labute approximate surface area is 81.4 Å². The maximum absolute atomic E-state index is 11.0. The number of carbonyl (C=O) groups excluding carboxylic acids is 1. The first-order valence-electron chi connectivity index (χ1n) is 3.88. The number of carbonyl (C=O) groups is 1. The molecule has 0 aliphatic heterocycles. The lowest BCUT2D eigenvalue weighted by Gasteiger charge is -2.08. The molecule has 2 N–H and O–H groups in total. The minimum Gasteiger partial charge on any atom is -0.493 e. The minimum absolute atomic E-state index is 0.242. The van der Waals surface area contributed by atoms with Crippen molar-refractivity contribution in [2.24, 2.45) is 5.73 Å². The summed E-state index contributed by atoms with van der Waals surface area (Å²) < 4.78 is 5.19. The van der Waals surface area contributed by atoms with Crippen molar-refractivity contribution in [2.75, 3.05) is 6.61 Å². The maximum atomic E-state index is 11.0. The molecule has 4 heteroatoms. The van der Waals surface area contributed by atoms with E-state index in [-0.39, 0.29) is 5.56 Å². The van der Waals surface area contributed by atoms with Crippen LogP contribution in [0.1, 0.15) is 17.3 Å². The van der Waals surface area contributed by atoms with Crippen LogP contribution in [0.2, 0.25) is 5.02 Å². The molecular weight excluding hydrogens is 190 g/mol. The summed E-state index contributed by atoms with van der Waals surface area (Å²) >= 11 is 5.78. The van der Waals surface area contributed by atoms with Crippen molar-refractivity contribution in [1.82, 2.24) is 0 Å². The minimum atomic E-state index is -0.575. The quantitative estimate of drug-likeness (QED) is 0.808. The number of benzene rings is 1. The Morgan fingerprint density at radius 3 is 2.85 bits per heavy atom. The van der Waals surface area contributed by atoms with Crippen molar-refractivity contribution in [3.8, 4) is 5.75 Å². The van der Waals surface area contributed by atoms with Crippen molar-refractivity contribution < 1.29 is 9.53 Å². The smallest absolute Gasteiger partial charge is 0.253 e. The molecule has 0 aromatic heterocycles. The number of halogens is 1. The van der Waals surface area contributed by atoms with Crippen molar-refractivity contribution in [3.63, 3.8) is 0 Å². The van der Waals surface area contributed by atoms with E-state index in [0.717, 1.165) is 0 Å². The average Bonchev–Trinajstić information content (AvgIpc) is 2.04. The highest BCUT2D eigenvalue weighted by Gasteiger charge is 2.12. The van der Waals surface area contributed by atoms with Crippen LogP contribution >= 0.6 is 11.6 Å². The molecule has 70 valence electrons. The van der Waals surface area contributed by atoms with Crippen LogP contribution in [-0.2, 0) is 0 Å².